The lowest BCUT2D eigenvalue weighted by Gasteiger charge is -2.08. The third-order valence-electron chi connectivity index (χ3n) is 3.80. The molecule has 2 N–H and O–H groups in total. The van der Waals surface area contributed by atoms with Gasteiger partial charge in [0.15, 0.2) is 11.6 Å². The zero-order valence-corrected chi connectivity index (χ0v) is 17.2. The molecule has 0 unspecified atom stereocenters. The maximum Gasteiger partial charge on any atom is 0.307 e. The molecule has 1 aromatic carbocycles. The number of halogens is 1. The Kier molecular flexibility index (Phi) is 7.17. The zero-order chi connectivity index (χ0) is 20.9. The molecular weight excluding hydrogens is 408 g/mol. The molecule has 2 aromatic rings. The molecule has 9 nitrogen and oxygen atoms in total. The second-order valence-electron chi connectivity index (χ2n) is 6.06. The first-order chi connectivity index (χ1) is 13.1. The van der Waals surface area contributed by atoms with Crippen molar-refractivity contribution in [2.75, 3.05) is 18.5 Å². The van der Waals surface area contributed by atoms with Crippen molar-refractivity contribution >= 4 is 39.2 Å². The van der Waals surface area contributed by atoms with Crippen LogP contribution in [0.3, 0.4) is 0 Å². The van der Waals surface area contributed by atoms with E-state index in [1.165, 1.54) is 6.20 Å². The predicted octanol–water partition coefficient (Wildman–Crippen LogP) is 1.54. The van der Waals surface area contributed by atoms with Gasteiger partial charge in [-0.25, -0.2) is 18.1 Å². The molecule has 0 aliphatic heterocycles. The first-order valence-electron chi connectivity index (χ1n) is 8.30. The van der Waals surface area contributed by atoms with Gasteiger partial charge in [-0.3, -0.25) is 9.59 Å². The van der Waals surface area contributed by atoms with Crippen molar-refractivity contribution in [2.45, 2.75) is 25.3 Å². The molecule has 11 heteroatoms. The van der Waals surface area contributed by atoms with Crippen LogP contribution in [0.1, 0.15) is 17.8 Å². The number of rotatable bonds is 8. The molecule has 0 spiro atoms. The van der Waals surface area contributed by atoms with Crippen LogP contribution in [0.25, 0.3) is 0 Å². The molecule has 1 amide bonds. The fourth-order valence-electron chi connectivity index (χ4n) is 2.10. The molecule has 0 bridgehead atoms. The van der Waals surface area contributed by atoms with E-state index in [2.05, 4.69) is 15.0 Å². The first kappa shape index (κ1) is 21.9. The number of aromatic nitrogens is 2. The van der Waals surface area contributed by atoms with Gasteiger partial charge >= 0.3 is 5.97 Å². The molecule has 2 rings (SSSR count). The number of carbonyl (C=O) groups is 2. The number of ether oxygens (including phenoxy) is 1. The Morgan fingerprint density at radius 1 is 1.29 bits per heavy atom. The maximum absolute atomic E-state index is 12.1. The lowest BCUT2D eigenvalue weighted by Crippen LogP contribution is -2.28. The smallest absolute Gasteiger partial charge is 0.307 e. The lowest BCUT2D eigenvalue weighted by molar-refractivity contribution is -0.147. The highest BCUT2D eigenvalue weighted by atomic mass is 35.5. The van der Waals surface area contributed by atoms with Crippen LogP contribution < -0.4 is 10.0 Å². The van der Waals surface area contributed by atoms with Gasteiger partial charge in [-0.05, 0) is 31.5 Å². The van der Waals surface area contributed by atoms with E-state index >= 15 is 0 Å². The Balaban J connectivity index is 1.74. The van der Waals surface area contributed by atoms with Crippen molar-refractivity contribution in [1.82, 2.24) is 14.3 Å². The first-order valence-corrected chi connectivity index (χ1v) is 10.2. The van der Waals surface area contributed by atoms with Gasteiger partial charge in [-0.15, -0.1) is 0 Å². The number of hydrogen-bond acceptors (Lipinski definition) is 6. The van der Waals surface area contributed by atoms with Gasteiger partial charge in [0.25, 0.3) is 15.9 Å². The van der Waals surface area contributed by atoms with Crippen molar-refractivity contribution in [2.24, 2.45) is 7.05 Å². The Morgan fingerprint density at radius 3 is 2.61 bits per heavy atom. The summed E-state index contributed by atoms with van der Waals surface area (Å²) in [6.45, 7) is 2.84. The number of amides is 1. The Bertz CT molecular complexity index is 968. The van der Waals surface area contributed by atoms with Gasteiger partial charge in [0, 0.05) is 30.5 Å². The van der Waals surface area contributed by atoms with E-state index in [9.17, 15) is 18.0 Å². The zero-order valence-electron chi connectivity index (χ0n) is 15.7. The minimum Gasteiger partial charge on any atom is -0.456 e. The summed E-state index contributed by atoms with van der Waals surface area (Å²) in [5.74, 6) is -0.699. The van der Waals surface area contributed by atoms with Crippen molar-refractivity contribution in [3.63, 3.8) is 0 Å². The standard InChI is InChI=1S/C17H21ClN4O5S/c1-11-4-5-13(8-14(11)18)21-15(23)10-27-17(24)6-7-19-28(25,26)16-9-22(3)12(2)20-16/h4-5,8-9,19H,6-7,10H2,1-3H3,(H,21,23). The van der Waals surface area contributed by atoms with E-state index in [1.54, 1.807) is 36.7 Å². The molecule has 1 aromatic heterocycles. The fraction of sp³-hybridized carbons (Fsp3) is 0.353. The van der Waals surface area contributed by atoms with Crippen LogP contribution in [0, 0.1) is 13.8 Å². The van der Waals surface area contributed by atoms with E-state index in [0.717, 1.165) is 5.56 Å². The molecule has 0 aliphatic carbocycles. The van der Waals surface area contributed by atoms with Crippen LogP contribution in [-0.2, 0) is 31.4 Å². The van der Waals surface area contributed by atoms with Gasteiger partial charge in [-0.2, -0.15) is 0 Å². The molecule has 28 heavy (non-hydrogen) atoms. The van der Waals surface area contributed by atoms with Crippen molar-refractivity contribution in [3.05, 3.63) is 40.8 Å². The summed E-state index contributed by atoms with van der Waals surface area (Å²) in [7, 11) is -2.14. The lowest BCUT2D eigenvalue weighted by atomic mass is 10.2. The highest BCUT2D eigenvalue weighted by molar-refractivity contribution is 7.89. The number of hydrogen-bond donors (Lipinski definition) is 2. The number of aryl methyl sites for hydroxylation is 3. The monoisotopic (exact) mass is 428 g/mol. The van der Waals surface area contributed by atoms with Gasteiger partial charge < -0.3 is 14.6 Å². The van der Waals surface area contributed by atoms with Crippen LogP contribution in [0.4, 0.5) is 5.69 Å². The van der Waals surface area contributed by atoms with E-state index < -0.39 is 28.5 Å². The van der Waals surface area contributed by atoms with E-state index in [0.29, 0.717) is 16.5 Å². The third-order valence-corrected chi connectivity index (χ3v) is 5.54. The number of sulfonamides is 1. The summed E-state index contributed by atoms with van der Waals surface area (Å²) in [5, 5.41) is 2.93. The summed E-state index contributed by atoms with van der Waals surface area (Å²) in [6, 6.07) is 5.01. The van der Waals surface area contributed by atoms with Gasteiger partial charge in [-0.1, -0.05) is 17.7 Å². The predicted molar refractivity (Wildman–Crippen MR) is 104 cm³/mol. The molecule has 0 aliphatic rings. The second kappa shape index (κ2) is 9.18. The van der Waals surface area contributed by atoms with E-state index in [4.69, 9.17) is 16.3 Å². The molecule has 152 valence electrons. The van der Waals surface area contributed by atoms with Crippen molar-refractivity contribution in [1.29, 1.82) is 0 Å². The van der Waals surface area contributed by atoms with Crippen LogP contribution in [0.15, 0.2) is 29.4 Å². The number of esters is 1. The quantitative estimate of drug-likeness (QED) is 0.615. The topological polar surface area (TPSA) is 119 Å². The SMILES string of the molecule is Cc1ccc(NC(=O)COC(=O)CCNS(=O)(=O)c2cn(C)c(C)n2)cc1Cl. The van der Waals surface area contributed by atoms with Gasteiger partial charge in [0.05, 0.1) is 6.42 Å². The Morgan fingerprint density at radius 2 is 2.00 bits per heavy atom. The van der Waals surface area contributed by atoms with Crippen molar-refractivity contribution in [3.8, 4) is 0 Å². The van der Waals surface area contributed by atoms with Crippen molar-refractivity contribution < 1.29 is 22.7 Å². The molecular formula is C17H21ClN4O5S. The van der Waals surface area contributed by atoms with E-state index in [-0.39, 0.29) is 18.0 Å². The second-order valence-corrected chi connectivity index (χ2v) is 8.18. The molecule has 0 radical (unpaired) electrons. The summed E-state index contributed by atoms with van der Waals surface area (Å²) >= 11 is 5.97. The summed E-state index contributed by atoms with van der Waals surface area (Å²) in [6.07, 6.45) is 1.15. The number of imidazole rings is 1. The Hall–Kier alpha value is -2.43. The van der Waals surface area contributed by atoms with Crippen LogP contribution in [0.2, 0.25) is 5.02 Å². The highest BCUT2D eigenvalue weighted by Crippen LogP contribution is 2.19. The number of anilines is 1. The maximum atomic E-state index is 12.1. The highest BCUT2D eigenvalue weighted by Gasteiger charge is 2.18. The van der Waals surface area contributed by atoms with Crippen LogP contribution >= 0.6 is 11.6 Å². The third kappa shape index (κ3) is 6.04. The minimum atomic E-state index is -3.82. The normalized spacial score (nSPS) is 11.3. The number of nitrogens with one attached hydrogen (secondary N) is 2. The number of carbonyl (C=O) groups excluding carboxylic acids is 2. The largest absolute Gasteiger partial charge is 0.456 e. The van der Waals surface area contributed by atoms with Crippen LogP contribution in [-0.4, -0.2) is 43.0 Å². The van der Waals surface area contributed by atoms with Crippen LogP contribution in [0.5, 0.6) is 0 Å². The molecule has 0 saturated heterocycles. The average Bonchev–Trinajstić information content (AvgIpc) is 2.96. The van der Waals surface area contributed by atoms with Gasteiger partial charge in [0.2, 0.25) is 0 Å². The molecule has 0 fully saturated rings. The molecule has 1 heterocycles. The molecule has 0 atom stereocenters. The summed E-state index contributed by atoms with van der Waals surface area (Å²) in [4.78, 5) is 27.4. The number of nitrogens with zero attached hydrogens (tertiary/aromatic N) is 2. The minimum absolute atomic E-state index is 0.128. The Labute approximate surface area is 168 Å². The summed E-state index contributed by atoms with van der Waals surface area (Å²) < 4.78 is 32.8. The average molecular weight is 429 g/mol. The molecule has 0 saturated carbocycles. The fourth-order valence-corrected chi connectivity index (χ4v) is 3.35. The number of benzene rings is 1. The van der Waals surface area contributed by atoms with E-state index in [1.807, 2.05) is 6.92 Å². The summed E-state index contributed by atoms with van der Waals surface area (Å²) in [5.41, 5.74) is 1.35. The van der Waals surface area contributed by atoms with Gasteiger partial charge in [0.1, 0.15) is 5.82 Å².